The van der Waals surface area contributed by atoms with E-state index in [9.17, 15) is 18.0 Å². The van der Waals surface area contributed by atoms with E-state index in [4.69, 9.17) is 4.74 Å². The number of benzene rings is 4. The molecule has 1 amide bonds. The summed E-state index contributed by atoms with van der Waals surface area (Å²) in [6, 6.07) is 24.3. The minimum absolute atomic E-state index is 0.113. The third kappa shape index (κ3) is 3.98. The molecule has 35 heavy (non-hydrogen) atoms. The van der Waals surface area contributed by atoms with Gasteiger partial charge in [0.15, 0.2) is 0 Å². The van der Waals surface area contributed by atoms with Gasteiger partial charge in [0, 0.05) is 12.6 Å². The number of carbonyl (C=O) groups is 1. The Bertz CT molecular complexity index is 1410. The van der Waals surface area contributed by atoms with E-state index in [1.165, 1.54) is 12.1 Å². The van der Waals surface area contributed by atoms with E-state index in [1.807, 2.05) is 61.5 Å². The zero-order valence-corrected chi connectivity index (χ0v) is 19.4. The van der Waals surface area contributed by atoms with Crippen LogP contribution in [0.1, 0.15) is 27.0 Å². The summed E-state index contributed by atoms with van der Waals surface area (Å²) in [7, 11) is 1.81. The van der Waals surface area contributed by atoms with Crippen LogP contribution in [0.3, 0.4) is 0 Å². The lowest BCUT2D eigenvalue weighted by atomic mass is 9.83. The number of halogens is 3. The summed E-state index contributed by atoms with van der Waals surface area (Å²) in [6.45, 7) is 2.91. The highest BCUT2D eigenvalue weighted by atomic mass is 19.4. The molecule has 0 bridgehead atoms. The third-order valence-electron chi connectivity index (χ3n) is 6.93. The van der Waals surface area contributed by atoms with Crippen molar-refractivity contribution < 1.29 is 22.7 Å². The molecule has 1 fully saturated rings. The summed E-state index contributed by atoms with van der Waals surface area (Å²) >= 11 is 0. The van der Waals surface area contributed by atoms with Gasteiger partial charge in [-0.3, -0.25) is 4.79 Å². The maximum absolute atomic E-state index is 13.6. The molecule has 1 aliphatic heterocycles. The maximum Gasteiger partial charge on any atom is 0.416 e. The Labute approximate surface area is 201 Å². The summed E-state index contributed by atoms with van der Waals surface area (Å²) in [5.74, 6) is -0.113. The van der Waals surface area contributed by atoms with E-state index in [2.05, 4.69) is 0 Å². The number of ether oxygens (including phenoxy) is 1. The van der Waals surface area contributed by atoms with Gasteiger partial charge < -0.3 is 9.64 Å². The van der Waals surface area contributed by atoms with Crippen molar-refractivity contribution in [3.8, 4) is 11.1 Å². The van der Waals surface area contributed by atoms with Crippen LogP contribution in [0, 0.1) is 6.92 Å². The van der Waals surface area contributed by atoms with Crippen molar-refractivity contribution in [1.29, 1.82) is 0 Å². The highest BCUT2D eigenvalue weighted by Gasteiger charge is 2.47. The van der Waals surface area contributed by atoms with E-state index in [1.54, 1.807) is 18.0 Å². The number of nitrogens with zero attached hydrogens (tertiary/aromatic N) is 1. The molecule has 3 nitrogen and oxygen atoms in total. The molecule has 5 rings (SSSR count). The molecule has 6 heteroatoms. The normalized spacial score (nSPS) is 15.0. The third-order valence-corrected chi connectivity index (χ3v) is 6.93. The average Bonchev–Trinajstić information content (AvgIpc) is 2.83. The van der Waals surface area contributed by atoms with Gasteiger partial charge in [-0.25, -0.2) is 0 Å². The van der Waals surface area contributed by atoms with Gasteiger partial charge in [0.2, 0.25) is 0 Å². The smallest absolute Gasteiger partial charge is 0.376 e. The number of aryl methyl sites for hydroxylation is 1. The Balaban J connectivity index is 1.49. The van der Waals surface area contributed by atoms with Crippen LogP contribution in [-0.4, -0.2) is 31.1 Å². The van der Waals surface area contributed by atoms with Crippen molar-refractivity contribution in [1.82, 2.24) is 4.90 Å². The zero-order chi connectivity index (χ0) is 24.8. The van der Waals surface area contributed by atoms with Gasteiger partial charge in [0.25, 0.3) is 5.91 Å². The van der Waals surface area contributed by atoms with Gasteiger partial charge >= 0.3 is 6.18 Å². The van der Waals surface area contributed by atoms with Crippen LogP contribution in [0.25, 0.3) is 21.9 Å². The molecule has 0 spiro atoms. The lowest BCUT2D eigenvalue weighted by Crippen LogP contribution is -2.60. The monoisotopic (exact) mass is 475 g/mol. The van der Waals surface area contributed by atoms with Gasteiger partial charge in [0.05, 0.1) is 18.8 Å². The van der Waals surface area contributed by atoms with Gasteiger partial charge in [0.1, 0.15) is 5.54 Å². The number of amides is 1. The first-order valence-electron chi connectivity index (χ1n) is 11.3. The number of alkyl halides is 3. The van der Waals surface area contributed by atoms with Crippen molar-refractivity contribution in [3.05, 3.63) is 107 Å². The standard InChI is InChI=1S/C29H24F3NO2/c1-19-6-3-4-9-26(19)28(17-35-18-28)33(2)27(34)22-12-15-25-21(16-22)7-5-8-24(25)20-10-13-23(14-11-20)29(30,31)32/h3-16H,17-18H2,1-2H3. The van der Waals surface area contributed by atoms with Crippen LogP contribution in [0.4, 0.5) is 13.2 Å². The quantitative estimate of drug-likeness (QED) is 0.324. The molecule has 0 N–H and O–H groups in total. The minimum atomic E-state index is -4.38. The molecule has 1 heterocycles. The summed E-state index contributed by atoms with van der Waals surface area (Å²) in [5, 5.41) is 1.71. The predicted octanol–water partition coefficient (Wildman–Crippen LogP) is 6.83. The number of fused-ring (bicyclic) bond motifs is 1. The second kappa shape index (κ2) is 8.54. The first-order valence-corrected chi connectivity index (χ1v) is 11.3. The second-order valence-corrected chi connectivity index (χ2v) is 9.02. The molecule has 0 unspecified atom stereocenters. The first-order chi connectivity index (χ1) is 16.7. The Morgan fingerprint density at radius 2 is 1.63 bits per heavy atom. The summed E-state index contributed by atoms with van der Waals surface area (Å²) in [5.41, 5.74) is 3.03. The number of hydrogen-bond donors (Lipinski definition) is 0. The molecular formula is C29H24F3NO2. The largest absolute Gasteiger partial charge is 0.416 e. The van der Waals surface area contributed by atoms with Crippen LogP contribution in [0.5, 0.6) is 0 Å². The molecule has 0 aromatic heterocycles. The second-order valence-electron chi connectivity index (χ2n) is 9.02. The molecule has 1 saturated heterocycles. The van der Waals surface area contributed by atoms with E-state index in [-0.39, 0.29) is 5.91 Å². The van der Waals surface area contributed by atoms with Crippen LogP contribution in [0.15, 0.2) is 84.9 Å². The van der Waals surface area contributed by atoms with Crippen molar-refractivity contribution in [2.24, 2.45) is 0 Å². The maximum atomic E-state index is 13.6. The SMILES string of the molecule is Cc1ccccc1C1(N(C)C(=O)c2ccc3c(-c4ccc(C(F)(F)F)cc4)cccc3c2)COC1. The van der Waals surface area contributed by atoms with Gasteiger partial charge in [-0.05, 0) is 64.2 Å². The summed E-state index contributed by atoms with van der Waals surface area (Å²) in [4.78, 5) is 15.3. The highest BCUT2D eigenvalue weighted by molar-refractivity contribution is 6.03. The van der Waals surface area contributed by atoms with Crippen LogP contribution >= 0.6 is 0 Å². The molecule has 0 saturated carbocycles. The fraction of sp³-hybridized carbons (Fsp3) is 0.207. The Hall–Kier alpha value is -3.64. The molecule has 1 aliphatic rings. The Kier molecular flexibility index (Phi) is 5.64. The molecular weight excluding hydrogens is 451 g/mol. The number of hydrogen-bond acceptors (Lipinski definition) is 2. The van der Waals surface area contributed by atoms with Gasteiger partial charge in [-0.1, -0.05) is 60.7 Å². The summed E-state index contributed by atoms with van der Waals surface area (Å²) < 4.78 is 44.4. The van der Waals surface area contributed by atoms with Gasteiger partial charge in [-0.2, -0.15) is 13.2 Å². The fourth-order valence-electron chi connectivity index (χ4n) is 4.82. The minimum Gasteiger partial charge on any atom is -0.376 e. The first kappa shape index (κ1) is 23.1. The number of rotatable bonds is 4. The molecule has 0 atom stereocenters. The van der Waals surface area contributed by atoms with E-state index in [0.717, 1.165) is 39.6 Å². The van der Waals surface area contributed by atoms with Crippen molar-refractivity contribution in [2.75, 3.05) is 20.3 Å². The van der Waals surface area contributed by atoms with Crippen molar-refractivity contribution in [3.63, 3.8) is 0 Å². The number of likely N-dealkylation sites (N-methyl/N-ethyl adjacent to an activating group) is 1. The molecule has 178 valence electrons. The Morgan fingerprint density at radius 3 is 2.26 bits per heavy atom. The van der Waals surface area contributed by atoms with Crippen LogP contribution in [0.2, 0.25) is 0 Å². The average molecular weight is 476 g/mol. The van der Waals surface area contributed by atoms with E-state index >= 15 is 0 Å². The highest BCUT2D eigenvalue weighted by Crippen LogP contribution is 2.38. The topological polar surface area (TPSA) is 29.5 Å². The van der Waals surface area contributed by atoms with Crippen LogP contribution < -0.4 is 0 Å². The van der Waals surface area contributed by atoms with E-state index in [0.29, 0.717) is 24.3 Å². The zero-order valence-electron chi connectivity index (χ0n) is 19.4. The fourth-order valence-corrected chi connectivity index (χ4v) is 4.82. The van der Waals surface area contributed by atoms with Gasteiger partial charge in [-0.15, -0.1) is 0 Å². The molecule has 4 aromatic carbocycles. The number of carbonyl (C=O) groups excluding carboxylic acids is 1. The lowest BCUT2D eigenvalue weighted by molar-refractivity contribution is -0.137. The lowest BCUT2D eigenvalue weighted by Gasteiger charge is -2.49. The Morgan fingerprint density at radius 1 is 0.914 bits per heavy atom. The van der Waals surface area contributed by atoms with E-state index < -0.39 is 17.3 Å². The van der Waals surface area contributed by atoms with Crippen molar-refractivity contribution >= 4 is 16.7 Å². The van der Waals surface area contributed by atoms with Crippen molar-refractivity contribution in [2.45, 2.75) is 18.6 Å². The molecule has 0 radical (unpaired) electrons. The van der Waals surface area contributed by atoms with Crippen LogP contribution in [-0.2, 0) is 16.5 Å². The molecule has 4 aromatic rings. The predicted molar refractivity (Wildman–Crippen MR) is 130 cm³/mol. The molecule has 0 aliphatic carbocycles. The summed E-state index contributed by atoms with van der Waals surface area (Å²) in [6.07, 6.45) is -4.38.